The highest BCUT2D eigenvalue weighted by molar-refractivity contribution is 7.89. The van der Waals surface area contributed by atoms with Gasteiger partial charge < -0.3 is 10.1 Å². The van der Waals surface area contributed by atoms with E-state index >= 15 is 0 Å². The van der Waals surface area contributed by atoms with Crippen molar-refractivity contribution in [3.63, 3.8) is 0 Å². The van der Waals surface area contributed by atoms with E-state index in [-0.39, 0.29) is 10.8 Å². The number of nitrogens with zero attached hydrogens (tertiary/aromatic N) is 2. The molecule has 0 spiro atoms. The highest BCUT2D eigenvalue weighted by atomic mass is 32.2. The first kappa shape index (κ1) is 19.3. The Hall–Kier alpha value is -1.48. The highest BCUT2D eigenvalue weighted by Crippen LogP contribution is 2.20. The van der Waals surface area contributed by atoms with Crippen LogP contribution in [0.1, 0.15) is 19.8 Å². The molecule has 144 valence electrons. The molecule has 1 N–H and O–H groups in total. The number of morpholine rings is 1. The Labute approximate surface area is 155 Å². The lowest BCUT2D eigenvalue weighted by molar-refractivity contribution is -0.117. The predicted molar refractivity (Wildman–Crippen MR) is 99.5 cm³/mol. The van der Waals surface area contributed by atoms with Gasteiger partial charge in [0.2, 0.25) is 15.9 Å². The molecule has 0 unspecified atom stereocenters. The number of amides is 1. The molecule has 1 atom stereocenters. The van der Waals surface area contributed by atoms with E-state index in [1.807, 2.05) is 0 Å². The van der Waals surface area contributed by atoms with E-state index in [4.69, 9.17) is 4.74 Å². The lowest BCUT2D eigenvalue weighted by atomic mass is 10.0. The summed E-state index contributed by atoms with van der Waals surface area (Å²) < 4.78 is 31.8. The highest BCUT2D eigenvalue weighted by Gasteiger charge is 2.26. The molecule has 0 aromatic heterocycles. The normalized spacial score (nSPS) is 22.9. The molecule has 2 fully saturated rings. The maximum absolute atomic E-state index is 12.6. The number of sulfonamides is 1. The van der Waals surface area contributed by atoms with Gasteiger partial charge in [-0.15, -0.1) is 0 Å². The van der Waals surface area contributed by atoms with Crippen LogP contribution in [0.5, 0.6) is 0 Å². The molecule has 2 saturated heterocycles. The van der Waals surface area contributed by atoms with Gasteiger partial charge in [-0.25, -0.2) is 8.42 Å². The lowest BCUT2D eigenvalue weighted by Gasteiger charge is -2.30. The van der Waals surface area contributed by atoms with Gasteiger partial charge >= 0.3 is 0 Å². The third-order valence-electron chi connectivity index (χ3n) is 4.85. The van der Waals surface area contributed by atoms with Gasteiger partial charge in [0.15, 0.2) is 0 Å². The smallest absolute Gasteiger partial charge is 0.243 e. The number of ether oxygens (including phenoxy) is 1. The first-order valence-electron chi connectivity index (χ1n) is 9.15. The number of benzene rings is 1. The maximum atomic E-state index is 12.6. The molecule has 0 saturated carbocycles. The number of carbonyl (C=O) groups is 1. The number of carbonyl (C=O) groups excluding carboxylic acids is 1. The minimum atomic E-state index is -3.50. The Kier molecular flexibility index (Phi) is 6.29. The van der Waals surface area contributed by atoms with Crippen LogP contribution in [-0.4, -0.2) is 69.5 Å². The predicted octanol–water partition coefficient (Wildman–Crippen LogP) is 1.38. The fourth-order valence-electron chi connectivity index (χ4n) is 3.48. The zero-order chi connectivity index (χ0) is 18.6. The molecule has 26 heavy (non-hydrogen) atoms. The number of anilines is 1. The van der Waals surface area contributed by atoms with Crippen molar-refractivity contribution in [2.75, 3.05) is 51.3 Å². The van der Waals surface area contributed by atoms with E-state index < -0.39 is 10.0 Å². The molecular formula is C18H27N3O4S. The quantitative estimate of drug-likeness (QED) is 0.834. The third kappa shape index (κ3) is 4.82. The number of rotatable bonds is 5. The summed E-state index contributed by atoms with van der Waals surface area (Å²) in [6.45, 7) is 6.06. The van der Waals surface area contributed by atoms with Gasteiger partial charge in [-0.05, 0) is 49.6 Å². The summed E-state index contributed by atoms with van der Waals surface area (Å²) in [5.74, 6) is 0.559. The maximum Gasteiger partial charge on any atom is 0.243 e. The molecule has 3 rings (SSSR count). The second-order valence-corrected chi connectivity index (χ2v) is 9.01. The first-order chi connectivity index (χ1) is 12.4. The summed E-state index contributed by atoms with van der Waals surface area (Å²) in [7, 11) is -3.50. The second kappa shape index (κ2) is 8.47. The van der Waals surface area contributed by atoms with E-state index in [2.05, 4.69) is 17.1 Å². The van der Waals surface area contributed by atoms with E-state index in [9.17, 15) is 13.2 Å². The van der Waals surface area contributed by atoms with Crippen molar-refractivity contribution in [2.45, 2.75) is 24.7 Å². The molecule has 0 bridgehead atoms. The van der Waals surface area contributed by atoms with Crippen molar-refractivity contribution >= 4 is 21.6 Å². The van der Waals surface area contributed by atoms with Crippen LogP contribution in [0.2, 0.25) is 0 Å². The summed E-state index contributed by atoms with van der Waals surface area (Å²) in [5.41, 5.74) is 0.612. The van der Waals surface area contributed by atoms with Crippen LogP contribution < -0.4 is 5.32 Å². The van der Waals surface area contributed by atoms with Gasteiger partial charge in [0.05, 0.1) is 24.7 Å². The fraction of sp³-hybridized carbons (Fsp3) is 0.611. The van der Waals surface area contributed by atoms with Crippen molar-refractivity contribution in [1.82, 2.24) is 9.21 Å². The number of hydrogen-bond acceptors (Lipinski definition) is 5. The van der Waals surface area contributed by atoms with Gasteiger partial charge in [0, 0.05) is 25.3 Å². The average molecular weight is 381 g/mol. The Morgan fingerprint density at radius 3 is 2.54 bits per heavy atom. The molecule has 1 aromatic carbocycles. The van der Waals surface area contributed by atoms with Crippen LogP contribution in [0.3, 0.4) is 0 Å². The van der Waals surface area contributed by atoms with Crippen LogP contribution in [-0.2, 0) is 19.6 Å². The fourth-order valence-corrected chi connectivity index (χ4v) is 4.89. The van der Waals surface area contributed by atoms with Crippen molar-refractivity contribution in [1.29, 1.82) is 0 Å². The standard InChI is InChI=1S/C18H27N3O4S/c1-15-3-2-8-20(13-15)14-18(22)19-16-4-6-17(7-5-16)26(23,24)21-9-11-25-12-10-21/h4-7,15H,2-3,8-14H2,1H3,(H,19,22)/t15-/m0/s1. The Morgan fingerprint density at radius 2 is 1.88 bits per heavy atom. The van der Waals surface area contributed by atoms with Gasteiger partial charge in [-0.2, -0.15) is 4.31 Å². The number of piperidine rings is 1. The number of nitrogens with one attached hydrogen (secondary N) is 1. The summed E-state index contributed by atoms with van der Waals surface area (Å²) >= 11 is 0. The largest absolute Gasteiger partial charge is 0.379 e. The van der Waals surface area contributed by atoms with Crippen molar-refractivity contribution in [3.05, 3.63) is 24.3 Å². The van der Waals surface area contributed by atoms with Gasteiger partial charge in [0.25, 0.3) is 0 Å². The van der Waals surface area contributed by atoms with E-state index in [0.717, 1.165) is 19.5 Å². The zero-order valence-electron chi connectivity index (χ0n) is 15.2. The van der Waals surface area contributed by atoms with Crippen LogP contribution in [0.4, 0.5) is 5.69 Å². The van der Waals surface area contributed by atoms with Crippen LogP contribution >= 0.6 is 0 Å². The second-order valence-electron chi connectivity index (χ2n) is 7.07. The molecule has 1 amide bonds. The van der Waals surface area contributed by atoms with Crippen molar-refractivity contribution in [3.8, 4) is 0 Å². The first-order valence-corrected chi connectivity index (χ1v) is 10.6. The SMILES string of the molecule is C[C@H]1CCCN(CC(=O)Nc2ccc(S(=O)(=O)N3CCOCC3)cc2)C1. The Morgan fingerprint density at radius 1 is 1.19 bits per heavy atom. The Bertz CT molecular complexity index is 714. The van der Waals surface area contributed by atoms with Gasteiger partial charge in [-0.3, -0.25) is 9.69 Å². The minimum Gasteiger partial charge on any atom is -0.379 e. The minimum absolute atomic E-state index is 0.0668. The molecule has 8 heteroatoms. The van der Waals surface area contributed by atoms with Crippen LogP contribution in [0.25, 0.3) is 0 Å². The summed E-state index contributed by atoms with van der Waals surface area (Å²) in [5, 5.41) is 2.85. The van der Waals surface area contributed by atoms with Gasteiger partial charge in [-0.1, -0.05) is 6.92 Å². The average Bonchev–Trinajstić information content (AvgIpc) is 2.63. The van der Waals surface area contributed by atoms with E-state index in [1.54, 1.807) is 24.3 Å². The molecule has 1 aromatic rings. The molecule has 2 aliphatic rings. The molecule has 0 radical (unpaired) electrons. The summed E-state index contributed by atoms with van der Waals surface area (Å²) in [6, 6.07) is 6.38. The topological polar surface area (TPSA) is 79.0 Å². The van der Waals surface area contributed by atoms with Crippen molar-refractivity contribution in [2.24, 2.45) is 5.92 Å². The monoisotopic (exact) mass is 381 g/mol. The van der Waals surface area contributed by atoms with E-state index in [1.165, 1.54) is 10.7 Å². The molecular weight excluding hydrogens is 354 g/mol. The van der Waals surface area contributed by atoms with E-state index in [0.29, 0.717) is 44.5 Å². The van der Waals surface area contributed by atoms with Crippen LogP contribution in [0.15, 0.2) is 29.2 Å². The molecule has 0 aliphatic carbocycles. The summed E-state index contributed by atoms with van der Waals surface area (Å²) in [6.07, 6.45) is 2.35. The molecule has 2 heterocycles. The molecule has 7 nitrogen and oxygen atoms in total. The zero-order valence-corrected chi connectivity index (χ0v) is 16.0. The summed E-state index contributed by atoms with van der Waals surface area (Å²) in [4.78, 5) is 14.6. The Balaban J connectivity index is 1.57. The third-order valence-corrected chi connectivity index (χ3v) is 6.77. The number of likely N-dealkylation sites (tertiary alicyclic amines) is 1. The molecule has 2 aliphatic heterocycles. The van der Waals surface area contributed by atoms with Gasteiger partial charge in [0.1, 0.15) is 0 Å². The van der Waals surface area contributed by atoms with Crippen molar-refractivity contribution < 1.29 is 17.9 Å². The van der Waals surface area contributed by atoms with Crippen LogP contribution in [0, 0.1) is 5.92 Å². The lowest BCUT2D eigenvalue weighted by Crippen LogP contribution is -2.40. The number of hydrogen-bond donors (Lipinski definition) is 1.